The molecule has 0 spiro atoms. The van der Waals surface area contributed by atoms with Gasteiger partial charge in [0.15, 0.2) is 56.6 Å². The summed E-state index contributed by atoms with van der Waals surface area (Å²) in [5.41, 5.74) is 18.1. The van der Waals surface area contributed by atoms with Crippen molar-refractivity contribution in [2.24, 2.45) is 35.0 Å². The van der Waals surface area contributed by atoms with Crippen molar-refractivity contribution in [2.75, 3.05) is 80.8 Å². The molecule has 666 valence electrons. The number of nitrogens with one attached hydrogen (secondary N) is 3. The second-order valence-electron chi connectivity index (χ2n) is 29.2. The first-order valence-corrected chi connectivity index (χ1v) is 37.1. The van der Waals surface area contributed by atoms with Crippen molar-refractivity contribution in [2.45, 2.75) is 299 Å². The Kier molecular flexibility index (Phi) is 38.2. The molecule has 9 aliphatic rings. The normalized spacial score (nSPS) is 48.0. The smallest absolute Gasteiger partial charge is 0.217 e. The molecule has 3 amide bonds. The van der Waals surface area contributed by atoms with Crippen LogP contribution in [0.1, 0.15) is 41.5 Å². The Hall–Kier alpha value is -3.27. The van der Waals surface area contributed by atoms with Crippen molar-refractivity contribution in [3.63, 3.8) is 0 Å². The Morgan fingerprint density at radius 3 is 0.851 bits per heavy atom. The predicted molar refractivity (Wildman–Crippen MR) is 368 cm³/mol. The molecule has 0 saturated carbocycles. The molecule has 9 fully saturated rings. The van der Waals surface area contributed by atoms with Gasteiger partial charge in [0, 0.05) is 59.9 Å². The Bertz CT molecular complexity index is 2760. The summed E-state index contributed by atoms with van der Waals surface area (Å²) in [6, 6.07) is -6.98. The van der Waals surface area contributed by atoms with Gasteiger partial charge in [0.05, 0.1) is 114 Å². The number of rotatable bonds is 27. The van der Waals surface area contributed by atoms with Gasteiger partial charge >= 0.3 is 0 Å². The predicted octanol–water partition coefficient (Wildman–Crippen LogP) is -16.6. The fourth-order valence-electron chi connectivity index (χ4n) is 14.7. The van der Waals surface area contributed by atoms with E-state index in [-0.39, 0.29) is 0 Å². The molecule has 0 aromatic carbocycles. The molecule has 9 rings (SSSR count). The van der Waals surface area contributed by atoms with Crippen molar-refractivity contribution in [3.05, 3.63) is 0 Å². The molecule has 0 aromatic heterocycles. The molecule has 9 heterocycles. The van der Waals surface area contributed by atoms with Crippen LogP contribution in [0.5, 0.6) is 0 Å². The van der Waals surface area contributed by atoms with E-state index in [0.29, 0.717) is 0 Å². The summed E-state index contributed by atoms with van der Waals surface area (Å²) in [5, 5.41) is 223. The minimum Gasteiger partial charge on any atom is -0.394 e. The van der Waals surface area contributed by atoms with Crippen LogP contribution in [-0.2, 0) is 99.6 Å². The minimum absolute atomic E-state index is 0.392. The molecule has 114 heavy (non-hydrogen) atoms. The maximum absolute atomic E-state index is 12.2. The van der Waals surface area contributed by atoms with Crippen LogP contribution in [0.4, 0.5) is 0 Å². The fourth-order valence-corrected chi connectivity index (χ4v) is 14.7. The number of aliphatic hydroxyl groups excluding tert-OH is 21. The van der Waals surface area contributed by atoms with Gasteiger partial charge in [-0.15, -0.1) is 0 Å². The maximum atomic E-state index is 12.2. The van der Waals surface area contributed by atoms with E-state index in [9.17, 15) is 122 Å². The van der Waals surface area contributed by atoms with Gasteiger partial charge in [-0.25, -0.2) is 0 Å². The number of amides is 3. The van der Waals surface area contributed by atoms with Gasteiger partial charge in [-0.3, -0.25) is 14.4 Å². The Morgan fingerprint density at radius 1 is 0.263 bits per heavy atom. The highest BCUT2D eigenvalue weighted by Crippen LogP contribution is 2.39. The number of carbonyl (C=O) groups is 3. The summed E-state index contributed by atoms with van der Waals surface area (Å²) < 4.78 is 100. The second kappa shape index (κ2) is 44.5. The number of methoxy groups -OCH3 is 3. The zero-order chi connectivity index (χ0) is 84.9. The molecule has 30 N–H and O–H groups in total. The van der Waals surface area contributed by atoms with Crippen LogP contribution in [-0.4, -0.2) is 463 Å². The zero-order valence-corrected chi connectivity index (χ0v) is 64.0. The van der Waals surface area contributed by atoms with Gasteiger partial charge in [-0.1, -0.05) is 20.8 Å². The molecular formula is C66H120N6O42. The number of ether oxygens (including phenoxy) is 18. The summed E-state index contributed by atoms with van der Waals surface area (Å²) in [6.45, 7) is 3.03. The van der Waals surface area contributed by atoms with Crippen molar-refractivity contribution in [1.29, 1.82) is 0 Å². The van der Waals surface area contributed by atoms with Crippen molar-refractivity contribution in [3.8, 4) is 0 Å². The third-order valence-electron chi connectivity index (χ3n) is 21.5. The lowest BCUT2D eigenvalue weighted by atomic mass is 9.89. The molecule has 0 aliphatic carbocycles. The van der Waals surface area contributed by atoms with Crippen LogP contribution in [0.25, 0.3) is 0 Å². The zero-order valence-electron chi connectivity index (χ0n) is 64.0. The fraction of sp³-hybridized carbons (Fsp3) is 0.955. The van der Waals surface area contributed by atoms with E-state index < -0.39 is 353 Å². The van der Waals surface area contributed by atoms with Crippen molar-refractivity contribution < 1.29 is 207 Å². The average Bonchev–Trinajstić information content (AvgIpc) is 0.770. The Labute approximate surface area is 653 Å². The molecular weight excluding hydrogens is 1550 g/mol. The first-order valence-electron chi connectivity index (χ1n) is 37.1. The van der Waals surface area contributed by atoms with Crippen LogP contribution in [0, 0.1) is 17.8 Å². The summed E-state index contributed by atoms with van der Waals surface area (Å²) in [7, 11) is 3.83. The number of hydrogen-bond acceptors (Lipinski definition) is 45. The average molecular weight is 1670 g/mol. The van der Waals surface area contributed by atoms with Crippen LogP contribution < -0.4 is 33.2 Å². The number of aliphatic hydroxyl groups is 21. The lowest BCUT2D eigenvalue weighted by Gasteiger charge is -2.50. The highest BCUT2D eigenvalue weighted by atomic mass is 16.8. The van der Waals surface area contributed by atoms with Crippen LogP contribution in [0.2, 0.25) is 0 Å². The number of carbonyl (C=O) groups excluding carboxylic acids is 3. The highest BCUT2D eigenvalue weighted by molar-refractivity contribution is 5.74. The van der Waals surface area contributed by atoms with E-state index >= 15 is 0 Å². The van der Waals surface area contributed by atoms with Gasteiger partial charge in [0.1, 0.15) is 146 Å². The van der Waals surface area contributed by atoms with E-state index in [2.05, 4.69) is 16.0 Å². The monoisotopic (exact) mass is 1670 g/mol. The molecule has 0 bridgehead atoms. The molecule has 18 unspecified atom stereocenters. The van der Waals surface area contributed by atoms with Crippen molar-refractivity contribution >= 4 is 17.7 Å². The summed E-state index contributed by atoms with van der Waals surface area (Å²) in [4.78, 5) is 35.9. The molecule has 45 atom stereocenters. The van der Waals surface area contributed by atoms with E-state index in [1.54, 1.807) is 20.8 Å². The summed E-state index contributed by atoms with van der Waals surface area (Å²) in [5.74, 6) is -3.39. The lowest BCUT2D eigenvalue weighted by molar-refractivity contribution is -0.377. The number of hydrogen-bond donors (Lipinski definition) is 27. The SMILES string of the molecule is CO[C@@H]1O[C@@H](CO)[C@@H](O[C@@H]2OC(CO)[C@@H](O[C@@H]3O[C@@H](CO)[C@@H](C)C(O)C3N)[C@H](O)C2N)C(O)C1N.CO[C@@H]1O[C@@H](CO)[C@@H](O[C@@H]2OC(CO)[C@@H](O[C@@H]3O[C@@H](CO)[C@@H](C)C(O)C3NC(C)=O)[C@H](O)C2NC(C)=O)C(O)C1NC(C)=O.CO[C@@H]1O[C@@H](CO)[C@@H](O[C@@H]2OC(CO)[C@@H](O[C@@H]3O[C@@H](CO)[C@@H](C)C(O)C3O)[C@H](O)C2O)C(O)C1O. The second-order valence-corrected chi connectivity index (χ2v) is 29.2. The van der Waals surface area contributed by atoms with Crippen LogP contribution in [0.15, 0.2) is 0 Å². The van der Waals surface area contributed by atoms with E-state index in [0.717, 1.165) is 6.92 Å². The first-order chi connectivity index (χ1) is 53.9. The largest absolute Gasteiger partial charge is 0.394 e. The minimum atomic E-state index is -1.83. The molecule has 0 aromatic rings. The van der Waals surface area contributed by atoms with E-state index in [1.807, 2.05) is 0 Å². The number of nitrogens with two attached hydrogens (primary N) is 3. The molecule has 48 nitrogen and oxygen atoms in total. The van der Waals surface area contributed by atoms with Crippen LogP contribution >= 0.6 is 0 Å². The van der Waals surface area contributed by atoms with Gasteiger partial charge in [-0.2, -0.15) is 0 Å². The van der Waals surface area contributed by atoms with E-state index in [4.69, 9.17) is 102 Å². The Balaban J connectivity index is 0.000000239. The molecule has 9 saturated heterocycles. The van der Waals surface area contributed by atoms with Gasteiger partial charge in [0.2, 0.25) is 17.7 Å². The van der Waals surface area contributed by atoms with Crippen molar-refractivity contribution in [1.82, 2.24) is 16.0 Å². The van der Waals surface area contributed by atoms with Gasteiger partial charge in [-0.05, 0) is 0 Å². The first kappa shape index (κ1) is 97.8. The van der Waals surface area contributed by atoms with Gasteiger partial charge < -0.3 is 226 Å². The summed E-state index contributed by atoms with van der Waals surface area (Å²) in [6.07, 6.45) is -48.4. The standard InChI is InChI=1S/C26H45N3O15.C20H39N3O12.C20H36O15/c1-9-13(6-30)40-25(16(19(9)36)27-10(2)33)43-23-15(8-32)42-26(18(21(23)38)29-12(4)35)44-22-14(7-31)41-24(39-5)17(20(22)37)28-11(3)34;1-6-7(3-24)31-19(10(21)13(6)27)34-17-9(5-26)33-20(12(23)15(17)29)35-16-8(4-25)32-18(30-2)11(22)14(16)28;1-6-7(3-21)31-19(13(27)10(6)24)34-17-9(5-23)33-20(15(29)12(17)26)35-16-8(4-22)32-18(30-2)14(28)11(16)25/h9,13-26,30-32,36-38H,6-8H2,1-5H3,(H,27,33)(H,28,34)(H,29,35);6-20,24-29H,3-5,21-23H2,1-2H3;6-29H,3-5H2,1-2H3/t9-,13+,14+,15?,16?,17?,18?,19?,20?,21-,22-,23-,24-,25+,26+;6-,7+,8+,9?,10?,11?,12?,13?,14?,15-,16-,17-,18-,19+,20+;6-,7+,8+,9?,10?,11?,12-,13?,14?,15?,16-,17-,18-,19+,20+/m111/s1. The summed E-state index contributed by atoms with van der Waals surface area (Å²) >= 11 is 0. The third-order valence-corrected chi connectivity index (χ3v) is 21.5. The lowest BCUT2D eigenvalue weighted by Crippen LogP contribution is -2.70. The molecule has 9 aliphatic heterocycles. The molecule has 48 heteroatoms. The van der Waals surface area contributed by atoms with E-state index in [1.165, 1.54) is 35.2 Å². The van der Waals surface area contributed by atoms with Crippen LogP contribution in [0.3, 0.4) is 0 Å². The highest BCUT2D eigenvalue weighted by Gasteiger charge is 2.59. The molecule has 0 radical (unpaired) electrons. The third kappa shape index (κ3) is 22.5. The van der Waals surface area contributed by atoms with Gasteiger partial charge in [0.25, 0.3) is 0 Å². The topological polar surface area (TPSA) is 756 Å². The quantitative estimate of drug-likeness (QED) is 0.0363. The Morgan fingerprint density at radius 2 is 0.482 bits per heavy atom. The maximum Gasteiger partial charge on any atom is 0.217 e.